The van der Waals surface area contributed by atoms with Crippen LogP contribution in [-0.2, 0) is 9.53 Å². The van der Waals surface area contributed by atoms with Crippen LogP contribution in [0.5, 0.6) is 0 Å². The molecule has 0 aromatic heterocycles. The number of nitrogens with one attached hydrogen (secondary N) is 1. The molecular weight excluding hydrogens is 274 g/mol. The molecule has 1 fully saturated rings. The van der Waals surface area contributed by atoms with E-state index in [9.17, 15) is 4.79 Å². The summed E-state index contributed by atoms with van der Waals surface area (Å²) < 4.78 is 4.65. The van der Waals surface area contributed by atoms with E-state index in [0.29, 0.717) is 6.42 Å². The third-order valence-corrected chi connectivity index (χ3v) is 4.90. The lowest BCUT2D eigenvalue weighted by molar-refractivity contribution is -0.140. The van der Waals surface area contributed by atoms with Crippen LogP contribution in [0.15, 0.2) is 0 Å². The SMILES string of the molecule is CCCCCC[C@H]1CC[C@@H](CCCCCCCC(=O)OC)N1. The Labute approximate surface area is 137 Å². The van der Waals surface area contributed by atoms with Gasteiger partial charge < -0.3 is 10.1 Å². The number of rotatable bonds is 13. The molecule has 0 unspecified atom stereocenters. The van der Waals surface area contributed by atoms with Gasteiger partial charge >= 0.3 is 5.97 Å². The molecule has 1 rings (SSSR count). The molecule has 22 heavy (non-hydrogen) atoms. The standard InChI is InChI=1S/C19H37NO2/c1-3-4-5-9-12-17-15-16-18(20-17)13-10-7-6-8-11-14-19(21)22-2/h17-18,20H,3-16H2,1-2H3/t17-,18+/m0/s1. The molecular formula is C19H37NO2. The Morgan fingerprint density at radius 1 is 0.909 bits per heavy atom. The van der Waals surface area contributed by atoms with Crippen molar-refractivity contribution < 1.29 is 9.53 Å². The molecule has 0 bridgehead atoms. The zero-order chi connectivity index (χ0) is 16.0. The number of ether oxygens (including phenoxy) is 1. The van der Waals surface area contributed by atoms with Crippen LogP contribution >= 0.6 is 0 Å². The van der Waals surface area contributed by atoms with Gasteiger partial charge in [0.05, 0.1) is 7.11 Å². The monoisotopic (exact) mass is 311 g/mol. The summed E-state index contributed by atoms with van der Waals surface area (Å²) in [4.78, 5) is 11.0. The molecule has 0 saturated carbocycles. The molecule has 130 valence electrons. The molecule has 1 saturated heterocycles. The average molecular weight is 312 g/mol. The number of unbranched alkanes of at least 4 members (excludes halogenated alkanes) is 7. The van der Waals surface area contributed by atoms with E-state index in [4.69, 9.17) is 0 Å². The highest BCUT2D eigenvalue weighted by Crippen LogP contribution is 2.21. The first kappa shape index (κ1) is 19.5. The third kappa shape index (κ3) is 9.45. The summed E-state index contributed by atoms with van der Waals surface area (Å²) in [5.74, 6) is -0.0693. The quantitative estimate of drug-likeness (QED) is 0.385. The van der Waals surface area contributed by atoms with E-state index in [1.54, 1.807) is 0 Å². The summed E-state index contributed by atoms with van der Waals surface area (Å²) in [5, 5.41) is 3.83. The van der Waals surface area contributed by atoms with Gasteiger partial charge in [0, 0.05) is 18.5 Å². The Hall–Kier alpha value is -0.570. The van der Waals surface area contributed by atoms with E-state index in [2.05, 4.69) is 17.0 Å². The molecule has 1 aliphatic heterocycles. The van der Waals surface area contributed by atoms with E-state index >= 15 is 0 Å². The molecule has 1 N–H and O–H groups in total. The van der Waals surface area contributed by atoms with Crippen molar-refractivity contribution in [3.8, 4) is 0 Å². The number of carbonyl (C=O) groups excluding carboxylic acids is 1. The minimum Gasteiger partial charge on any atom is -0.469 e. The summed E-state index contributed by atoms with van der Waals surface area (Å²) in [5.41, 5.74) is 0. The lowest BCUT2D eigenvalue weighted by Crippen LogP contribution is -2.29. The Bertz CT molecular complexity index is 281. The normalized spacial score (nSPS) is 21.2. The van der Waals surface area contributed by atoms with Gasteiger partial charge in [-0.15, -0.1) is 0 Å². The smallest absolute Gasteiger partial charge is 0.305 e. The molecule has 0 radical (unpaired) electrons. The number of carbonyl (C=O) groups is 1. The van der Waals surface area contributed by atoms with Crippen molar-refractivity contribution in [2.24, 2.45) is 0 Å². The van der Waals surface area contributed by atoms with Crippen molar-refractivity contribution in [1.29, 1.82) is 0 Å². The maximum absolute atomic E-state index is 11.0. The molecule has 0 aliphatic carbocycles. The van der Waals surface area contributed by atoms with Crippen LogP contribution in [0.3, 0.4) is 0 Å². The fourth-order valence-corrected chi connectivity index (χ4v) is 3.47. The molecule has 2 atom stereocenters. The van der Waals surface area contributed by atoms with Gasteiger partial charge in [-0.2, -0.15) is 0 Å². The van der Waals surface area contributed by atoms with Crippen LogP contribution in [-0.4, -0.2) is 25.2 Å². The molecule has 3 nitrogen and oxygen atoms in total. The van der Waals surface area contributed by atoms with Crippen molar-refractivity contribution in [2.75, 3.05) is 7.11 Å². The summed E-state index contributed by atoms with van der Waals surface area (Å²) in [7, 11) is 1.47. The van der Waals surface area contributed by atoms with Gasteiger partial charge in [-0.05, 0) is 32.1 Å². The van der Waals surface area contributed by atoms with Crippen molar-refractivity contribution in [3.63, 3.8) is 0 Å². The van der Waals surface area contributed by atoms with E-state index < -0.39 is 0 Å². The predicted octanol–water partition coefficient (Wildman–Crippen LogP) is 4.98. The highest BCUT2D eigenvalue weighted by molar-refractivity contribution is 5.68. The second-order valence-corrected chi connectivity index (χ2v) is 6.87. The molecule has 1 aliphatic rings. The maximum atomic E-state index is 11.0. The maximum Gasteiger partial charge on any atom is 0.305 e. The third-order valence-electron chi connectivity index (χ3n) is 4.90. The van der Waals surface area contributed by atoms with Crippen LogP contribution in [0, 0.1) is 0 Å². The van der Waals surface area contributed by atoms with E-state index in [1.165, 1.54) is 77.7 Å². The van der Waals surface area contributed by atoms with Gasteiger partial charge in [-0.1, -0.05) is 58.3 Å². The predicted molar refractivity (Wildman–Crippen MR) is 93.0 cm³/mol. The van der Waals surface area contributed by atoms with Crippen LogP contribution < -0.4 is 5.32 Å². The minimum atomic E-state index is -0.0693. The highest BCUT2D eigenvalue weighted by atomic mass is 16.5. The first-order chi connectivity index (χ1) is 10.8. The molecule has 0 spiro atoms. The van der Waals surface area contributed by atoms with Gasteiger partial charge in [-0.3, -0.25) is 4.79 Å². The molecule has 0 amide bonds. The van der Waals surface area contributed by atoms with E-state index in [1.807, 2.05) is 0 Å². The zero-order valence-corrected chi connectivity index (χ0v) is 14.9. The van der Waals surface area contributed by atoms with Gasteiger partial charge in [-0.25, -0.2) is 0 Å². The summed E-state index contributed by atoms with van der Waals surface area (Å²) in [6.45, 7) is 2.28. The molecule has 3 heteroatoms. The lowest BCUT2D eigenvalue weighted by atomic mass is 10.0. The number of hydrogen-bond donors (Lipinski definition) is 1. The Kier molecular flexibility index (Phi) is 11.4. The number of methoxy groups -OCH3 is 1. The molecule has 0 aromatic rings. The van der Waals surface area contributed by atoms with Gasteiger partial charge in [0.15, 0.2) is 0 Å². The van der Waals surface area contributed by atoms with Gasteiger partial charge in [0.25, 0.3) is 0 Å². The Morgan fingerprint density at radius 3 is 2.05 bits per heavy atom. The largest absolute Gasteiger partial charge is 0.469 e. The van der Waals surface area contributed by atoms with Crippen LogP contribution in [0.4, 0.5) is 0 Å². The van der Waals surface area contributed by atoms with Gasteiger partial charge in [0.1, 0.15) is 0 Å². The van der Waals surface area contributed by atoms with Crippen molar-refractivity contribution in [1.82, 2.24) is 5.32 Å². The van der Waals surface area contributed by atoms with Crippen LogP contribution in [0.1, 0.15) is 96.8 Å². The summed E-state index contributed by atoms with van der Waals surface area (Å²) in [6.07, 6.45) is 17.6. The topological polar surface area (TPSA) is 38.3 Å². The second kappa shape index (κ2) is 12.9. The Morgan fingerprint density at radius 2 is 1.45 bits per heavy atom. The van der Waals surface area contributed by atoms with E-state index in [0.717, 1.165) is 24.9 Å². The number of esters is 1. The van der Waals surface area contributed by atoms with Crippen LogP contribution in [0.25, 0.3) is 0 Å². The summed E-state index contributed by atoms with van der Waals surface area (Å²) >= 11 is 0. The Balaban J connectivity index is 1.88. The lowest BCUT2D eigenvalue weighted by Gasteiger charge is -2.14. The zero-order valence-electron chi connectivity index (χ0n) is 14.9. The summed E-state index contributed by atoms with van der Waals surface area (Å²) in [6, 6.07) is 1.56. The highest BCUT2D eigenvalue weighted by Gasteiger charge is 2.22. The number of hydrogen-bond acceptors (Lipinski definition) is 3. The van der Waals surface area contributed by atoms with Gasteiger partial charge in [0.2, 0.25) is 0 Å². The van der Waals surface area contributed by atoms with Crippen molar-refractivity contribution in [3.05, 3.63) is 0 Å². The average Bonchev–Trinajstić information content (AvgIpc) is 2.98. The molecule has 0 aromatic carbocycles. The fraction of sp³-hybridized carbons (Fsp3) is 0.947. The fourth-order valence-electron chi connectivity index (χ4n) is 3.47. The minimum absolute atomic E-state index is 0.0693. The van der Waals surface area contributed by atoms with Crippen molar-refractivity contribution in [2.45, 2.75) is 109 Å². The first-order valence-corrected chi connectivity index (χ1v) is 9.59. The van der Waals surface area contributed by atoms with Crippen LogP contribution in [0.2, 0.25) is 0 Å². The second-order valence-electron chi connectivity index (χ2n) is 6.87. The van der Waals surface area contributed by atoms with Crippen molar-refractivity contribution >= 4 is 5.97 Å². The first-order valence-electron chi connectivity index (χ1n) is 9.59. The van der Waals surface area contributed by atoms with E-state index in [-0.39, 0.29) is 5.97 Å². The molecule has 1 heterocycles.